The molecule has 0 saturated heterocycles. The van der Waals surface area contributed by atoms with Crippen molar-refractivity contribution in [2.24, 2.45) is 5.84 Å². The number of aromatic nitrogens is 1. The van der Waals surface area contributed by atoms with Crippen molar-refractivity contribution in [2.45, 2.75) is 0 Å². The number of hydrogen-bond donors (Lipinski definition) is 3. The van der Waals surface area contributed by atoms with Gasteiger partial charge < -0.3 is 10.5 Å². The summed E-state index contributed by atoms with van der Waals surface area (Å²) in [5.41, 5.74) is 3.36. The van der Waals surface area contributed by atoms with Crippen LogP contribution in [0, 0.1) is 0 Å². The molecule has 0 amide bonds. The summed E-state index contributed by atoms with van der Waals surface area (Å²) in [6.45, 7) is 0.0386. The summed E-state index contributed by atoms with van der Waals surface area (Å²) in [5, 5.41) is 8.49. The Morgan fingerprint density at radius 2 is 2.42 bits per heavy atom. The Labute approximate surface area is 70.7 Å². The van der Waals surface area contributed by atoms with E-state index in [1.54, 1.807) is 24.4 Å². The number of nitrogen functional groups attached to an aromatic ring is 1. The predicted molar refractivity (Wildman–Crippen MR) is 48.2 cm³/mol. The van der Waals surface area contributed by atoms with Gasteiger partial charge in [-0.25, -0.2) is 10.8 Å². The zero-order valence-corrected chi connectivity index (χ0v) is 6.57. The number of hydrazine groups is 1. The Bertz CT molecular complexity index is 256. The fourth-order valence-corrected chi connectivity index (χ4v) is 0.778. The fraction of sp³-hybridized carbons (Fsp3) is 0.125. The van der Waals surface area contributed by atoms with Crippen LogP contribution in [0.1, 0.15) is 5.56 Å². The highest BCUT2D eigenvalue weighted by Crippen LogP contribution is 2.04. The van der Waals surface area contributed by atoms with E-state index in [4.69, 9.17) is 10.9 Å². The topological polar surface area (TPSA) is 71.2 Å². The third-order valence-corrected chi connectivity index (χ3v) is 1.35. The number of anilines is 1. The number of aliphatic hydroxyl groups is 1. The van der Waals surface area contributed by atoms with E-state index in [-0.39, 0.29) is 6.61 Å². The van der Waals surface area contributed by atoms with Crippen LogP contribution >= 0.6 is 0 Å². The molecule has 0 unspecified atom stereocenters. The highest BCUT2D eigenvalue weighted by atomic mass is 16.2. The van der Waals surface area contributed by atoms with Gasteiger partial charge in [0.2, 0.25) is 0 Å². The SMILES string of the molecule is NNc1ccc(C=CCO)cn1. The zero-order valence-electron chi connectivity index (χ0n) is 6.57. The number of nitrogens with two attached hydrogens (primary N) is 1. The smallest absolute Gasteiger partial charge is 0.139 e. The molecular weight excluding hydrogens is 154 g/mol. The van der Waals surface area contributed by atoms with Gasteiger partial charge in [-0.3, -0.25) is 0 Å². The van der Waals surface area contributed by atoms with Crippen LogP contribution in [0.4, 0.5) is 5.82 Å². The molecule has 0 aliphatic rings. The minimum absolute atomic E-state index is 0.0386. The van der Waals surface area contributed by atoms with E-state index in [1.807, 2.05) is 6.07 Å². The second kappa shape index (κ2) is 4.48. The summed E-state index contributed by atoms with van der Waals surface area (Å²) < 4.78 is 0. The predicted octanol–water partition coefficient (Wildman–Crippen LogP) is 0.373. The Kier molecular flexibility index (Phi) is 3.25. The van der Waals surface area contributed by atoms with Crippen LogP contribution in [-0.2, 0) is 0 Å². The molecule has 4 N–H and O–H groups in total. The van der Waals surface area contributed by atoms with Crippen LogP contribution in [0.3, 0.4) is 0 Å². The van der Waals surface area contributed by atoms with E-state index >= 15 is 0 Å². The summed E-state index contributed by atoms with van der Waals surface area (Å²) in [7, 11) is 0. The van der Waals surface area contributed by atoms with E-state index < -0.39 is 0 Å². The fourth-order valence-electron chi connectivity index (χ4n) is 0.778. The minimum atomic E-state index is 0.0386. The molecule has 1 aromatic heterocycles. The van der Waals surface area contributed by atoms with Crippen LogP contribution in [0.25, 0.3) is 6.08 Å². The van der Waals surface area contributed by atoms with Crippen molar-refractivity contribution < 1.29 is 5.11 Å². The van der Waals surface area contributed by atoms with Crippen LogP contribution in [0.2, 0.25) is 0 Å². The van der Waals surface area contributed by atoms with Gasteiger partial charge in [0, 0.05) is 6.20 Å². The second-order valence-corrected chi connectivity index (χ2v) is 2.21. The Morgan fingerprint density at radius 3 is 2.92 bits per heavy atom. The number of hydrogen-bond acceptors (Lipinski definition) is 4. The largest absolute Gasteiger partial charge is 0.392 e. The van der Waals surface area contributed by atoms with E-state index in [0.29, 0.717) is 5.82 Å². The van der Waals surface area contributed by atoms with Gasteiger partial charge in [0.15, 0.2) is 0 Å². The van der Waals surface area contributed by atoms with E-state index in [0.717, 1.165) is 5.56 Å². The molecule has 0 saturated carbocycles. The van der Waals surface area contributed by atoms with Gasteiger partial charge in [-0.2, -0.15) is 0 Å². The van der Waals surface area contributed by atoms with Gasteiger partial charge in [-0.15, -0.1) is 0 Å². The van der Waals surface area contributed by atoms with Gasteiger partial charge in [-0.05, 0) is 17.7 Å². The number of pyridine rings is 1. The molecule has 1 rings (SSSR count). The van der Waals surface area contributed by atoms with Gasteiger partial charge in [-0.1, -0.05) is 12.2 Å². The Balaban J connectivity index is 2.71. The lowest BCUT2D eigenvalue weighted by atomic mass is 10.2. The zero-order chi connectivity index (χ0) is 8.81. The summed E-state index contributed by atoms with van der Waals surface area (Å²) in [4.78, 5) is 3.98. The maximum atomic E-state index is 8.49. The third kappa shape index (κ3) is 2.34. The van der Waals surface area contributed by atoms with Crippen LogP contribution < -0.4 is 11.3 Å². The maximum absolute atomic E-state index is 8.49. The first-order chi connectivity index (χ1) is 5.86. The summed E-state index contributed by atoms with van der Waals surface area (Å²) in [5.74, 6) is 5.75. The lowest BCUT2D eigenvalue weighted by Crippen LogP contribution is -2.07. The number of nitrogens with zero attached hydrogens (tertiary/aromatic N) is 1. The maximum Gasteiger partial charge on any atom is 0.139 e. The summed E-state index contributed by atoms with van der Waals surface area (Å²) in [6.07, 6.45) is 5.10. The standard InChI is InChI=1S/C8H11N3O/c9-11-8-4-3-7(6-10-8)2-1-5-12/h1-4,6,12H,5,9H2,(H,10,11). The van der Waals surface area contributed by atoms with E-state index in [2.05, 4.69) is 10.4 Å². The molecule has 0 fully saturated rings. The Hall–Kier alpha value is -1.39. The number of rotatable bonds is 3. The lowest BCUT2D eigenvalue weighted by Gasteiger charge is -1.97. The van der Waals surface area contributed by atoms with Crippen molar-refractivity contribution in [3.05, 3.63) is 30.0 Å². The molecular formula is C8H11N3O. The van der Waals surface area contributed by atoms with Crippen molar-refractivity contribution in [1.29, 1.82) is 0 Å². The second-order valence-electron chi connectivity index (χ2n) is 2.21. The minimum Gasteiger partial charge on any atom is -0.392 e. The molecule has 0 atom stereocenters. The lowest BCUT2D eigenvalue weighted by molar-refractivity contribution is 0.343. The summed E-state index contributed by atoms with van der Waals surface area (Å²) in [6, 6.07) is 3.62. The molecule has 0 radical (unpaired) electrons. The third-order valence-electron chi connectivity index (χ3n) is 1.35. The van der Waals surface area contributed by atoms with Gasteiger partial charge in [0.05, 0.1) is 6.61 Å². The van der Waals surface area contributed by atoms with Crippen molar-refractivity contribution in [3.63, 3.8) is 0 Å². The molecule has 12 heavy (non-hydrogen) atoms. The van der Waals surface area contributed by atoms with Gasteiger partial charge in [0.25, 0.3) is 0 Å². The average molecular weight is 165 g/mol. The van der Waals surface area contributed by atoms with Gasteiger partial charge in [0.1, 0.15) is 5.82 Å². The van der Waals surface area contributed by atoms with Crippen LogP contribution in [0.5, 0.6) is 0 Å². The molecule has 0 aliphatic heterocycles. The highest BCUT2D eigenvalue weighted by molar-refractivity contribution is 5.50. The molecule has 64 valence electrons. The monoisotopic (exact) mass is 165 g/mol. The quantitative estimate of drug-likeness (QED) is 0.447. The molecule has 1 heterocycles. The Morgan fingerprint density at radius 1 is 1.58 bits per heavy atom. The number of nitrogens with one attached hydrogen (secondary N) is 1. The van der Waals surface area contributed by atoms with Crippen LogP contribution in [0.15, 0.2) is 24.4 Å². The van der Waals surface area contributed by atoms with Crippen molar-refractivity contribution in [1.82, 2.24) is 4.98 Å². The van der Waals surface area contributed by atoms with Crippen molar-refractivity contribution in [2.75, 3.05) is 12.0 Å². The molecule has 1 aromatic rings. The van der Waals surface area contributed by atoms with Gasteiger partial charge >= 0.3 is 0 Å². The first-order valence-corrected chi connectivity index (χ1v) is 3.57. The highest BCUT2D eigenvalue weighted by Gasteiger charge is 1.88. The average Bonchev–Trinajstić information content (AvgIpc) is 2.15. The molecule has 0 spiro atoms. The van der Waals surface area contributed by atoms with E-state index in [9.17, 15) is 0 Å². The molecule has 4 nitrogen and oxygen atoms in total. The first kappa shape index (κ1) is 8.70. The molecule has 0 aliphatic carbocycles. The summed E-state index contributed by atoms with van der Waals surface area (Å²) >= 11 is 0. The molecule has 0 aromatic carbocycles. The first-order valence-electron chi connectivity index (χ1n) is 3.57. The molecule has 0 bridgehead atoms. The van der Waals surface area contributed by atoms with Crippen LogP contribution in [-0.4, -0.2) is 16.7 Å². The molecule has 4 heteroatoms. The van der Waals surface area contributed by atoms with E-state index in [1.165, 1.54) is 0 Å². The number of aliphatic hydroxyl groups excluding tert-OH is 1. The van der Waals surface area contributed by atoms with Crippen molar-refractivity contribution >= 4 is 11.9 Å². The van der Waals surface area contributed by atoms with Crippen molar-refractivity contribution in [3.8, 4) is 0 Å². The normalized spacial score (nSPS) is 10.5.